The van der Waals surface area contributed by atoms with E-state index in [9.17, 15) is 0 Å². The van der Waals surface area contributed by atoms with Crippen molar-refractivity contribution in [3.63, 3.8) is 0 Å². The van der Waals surface area contributed by atoms with Crippen LogP contribution in [-0.4, -0.2) is 6.85 Å². The molecule has 6 heteroatoms. The Morgan fingerprint density at radius 1 is 0.516 bits per heavy atom. The molecule has 4 nitrogen and oxygen atoms in total. The Hall–Kier alpha value is -7.02. The van der Waals surface area contributed by atoms with Crippen molar-refractivity contribution in [3.05, 3.63) is 175 Å². The maximum absolute atomic E-state index is 7.21. The topological polar surface area (TPSA) is 32.8 Å². The molecule has 13 rings (SSSR count). The molecule has 0 saturated carbocycles. The average molecular weight is 845 g/mol. The fourth-order valence-corrected chi connectivity index (χ4v) is 11.7. The van der Waals surface area contributed by atoms with Gasteiger partial charge in [0.2, 0.25) is 0 Å². The van der Waals surface area contributed by atoms with Gasteiger partial charge in [0, 0.05) is 64.5 Å². The van der Waals surface area contributed by atoms with Gasteiger partial charge in [-0.25, -0.2) is 0 Å². The van der Waals surface area contributed by atoms with Gasteiger partial charge in [-0.15, -0.1) is 11.3 Å². The molecule has 308 valence electrons. The van der Waals surface area contributed by atoms with Crippen molar-refractivity contribution in [3.8, 4) is 22.3 Å². The van der Waals surface area contributed by atoms with Crippen LogP contribution >= 0.6 is 11.3 Å². The first-order chi connectivity index (χ1) is 31.0. The van der Waals surface area contributed by atoms with Crippen molar-refractivity contribution in [2.45, 2.75) is 52.4 Å². The Bertz CT molecular complexity index is 3710. The summed E-state index contributed by atoms with van der Waals surface area (Å²) < 4.78 is 16.1. The first-order valence-electron chi connectivity index (χ1n) is 22.3. The van der Waals surface area contributed by atoms with Crippen LogP contribution in [0.2, 0.25) is 0 Å². The fraction of sp³-hybridized carbons (Fsp3) is 0.138. The summed E-state index contributed by atoms with van der Waals surface area (Å²) in [5, 5.41) is 5.84. The van der Waals surface area contributed by atoms with Crippen LogP contribution in [0.25, 0.3) is 75.3 Å². The highest BCUT2D eigenvalue weighted by Gasteiger charge is 2.47. The molecule has 0 unspecified atom stereocenters. The van der Waals surface area contributed by atoms with Gasteiger partial charge in [0.05, 0.1) is 17.6 Å². The molecule has 2 aliphatic rings. The summed E-state index contributed by atoms with van der Waals surface area (Å²) >= 11 is 1.87. The van der Waals surface area contributed by atoms with Crippen molar-refractivity contribution in [1.82, 2.24) is 0 Å². The summed E-state index contributed by atoms with van der Waals surface area (Å²) in [5.41, 5.74) is 17.9. The summed E-state index contributed by atoms with van der Waals surface area (Å²) in [4.78, 5) is 5.14. The van der Waals surface area contributed by atoms with E-state index in [-0.39, 0.29) is 17.7 Å². The minimum absolute atomic E-state index is 0.00999. The maximum Gasteiger partial charge on any atom is 0.333 e. The van der Waals surface area contributed by atoms with E-state index in [1.165, 1.54) is 70.2 Å². The lowest BCUT2D eigenvalue weighted by Gasteiger charge is -2.46. The zero-order valence-corrected chi connectivity index (χ0v) is 37.6. The molecule has 2 aliphatic heterocycles. The van der Waals surface area contributed by atoms with Gasteiger partial charge in [-0.3, -0.25) is 0 Å². The Morgan fingerprint density at radius 2 is 1.23 bits per heavy atom. The molecular formula is C58H45BN2O2S. The minimum Gasteiger partial charge on any atom is -0.464 e. The van der Waals surface area contributed by atoms with Crippen molar-refractivity contribution in [2.24, 2.45) is 0 Å². The van der Waals surface area contributed by atoms with Crippen LogP contribution in [0, 0.1) is 0 Å². The molecule has 0 spiro atoms. The first-order valence-corrected chi connectivity index (χ1v) is 23.2. The monoisotopic (exact) mass is 844 g/mol. The Labute approximate surface area is 377 Å². The number of furan rings is 2. The van der Waals surface area contributed by atoms with Gasteiger partial charge in [0.1, 0.15) is 11.2 Å². The molecule has 8 aromatic carbocycles. The molecule has 0 aliphatic carbocycles. The number of fused-ring (bicyclic) bond motifs is 12. The molecule has 0 N–H and O–H groups in total. The predicted molar refractivity (Wildman–Crippen MR) is 273 cm³/mol. The van der Waals surface area contributed by atoms with E-state index in [0.29, 0.717) is 0 Å². The van der Waals surface area contributed by atoms with Gasteiger partial charge in [-0.2, -0.15) is 0 Å². The van der Waals surface area contributed by atoms with E-state index in [1.807, 2.05) is 17.6 Å². The third-order valence-corrected chi connectivity index (χ3v) is 15.0. The minimum atomic E-state index is -0.225. The quantitative estimate of drug-likeness (QED) is 0.166. The number of benzene rings is 8. The van der Waals surface area contributed by atoms with E-state index in [2.05, 4.69) is 209 Å². The lowest BCUT2D eigenvalue weighted by atomic mass is 9.43. The van der Waals surface area contributed by atoms with Gasteiger partial charge in [0.15, 0.2) is 5.58 Å². The molecule has 11 aromatic rings. The van der Waals surface area contributed by atoms with E-state index in [1.54, 1.807) is 0 Å². The third kappa shape index (κ3) is 5.42. The van der Waals surface area contributed by atoms with E-state index in [0.717, 1.165) is 55.7 Å². The number of rotatable bonds is 3. The van der Waals surface area contributed by atoms with Crippen molar-refractivity contribution in [1.29, 1.82) is 0 Å². The number of anilines is 5. The van der Waals surface area contributed by atoms with Crippen LogP contribution in [0.5, 0.6) is 0 Å². The summed E-state index contributed by atoms with van der Waals surface area (Å²) in [6.45, 7) is 13.5. The third-order valence-electron chi connectivity index (χ3n) is 13.8. The van der Waals surface area contributed by atoms with Gasteiger partial charge < -0.3 is 18.5 Å². The number of hydrogen-bond acceptors (Lipinski definition) is 5. The Kier molecular flexibility index (Phi) is 7.78. The lowest BCUT2D eigenvalue weighted by molar-refractivity contribution is 0.590. The van der Waals surface area contributed by atoms with Crippen molar-refractivity contribution < 1.29 is 8.83 Å². The van der Waals surface area contributed by atoms with Gasteiger partial charge in [0.25, 0.3) is 0 Å². The molecule has 0 saturated heterocycles. The second-order valence-corrected chi connectivity index (χ2v) is 20.8. The first kappa shape index (κ1) is 37.5. The van der Waals surface area contributed by atoms with E-state index < -0.39 is 0 Å². The zero-order chi connectivity index (χ0) is 43.2. The van der Waals surface area contributed by atoms with E-state index >= 15 is 0 Å². The Morgan fingerprint density at radius 3 is 2.03 bits per heavy atom. The molecule has 3 aromatic heterocycles. The molecular weight excluding hydrogens is 800 g/mol. The van der Waals surface area contributed by atoms with Gasteiger partial charge in [-0.05, 0) is 117 Å². The van der Waals surface area contributed by atoms with Crippen molar-refractivity contribution in [2.75, 3.05) is 9.71 Å². The van der Waals surface area contributed by atoms with Crippen molar-refractivity contribution >= 4 is 111 Å². The summed E-state index contributed by atoms with van der Waals surface area (Å²) in [6, 6.07) is 58.8. The molecule has 0 bridgehead atoms. The van der Waals surface area contributed by atoms with Crippen LogP contribution in [0.1, 0.15) is 52.7 Å². The lowest BCUT2D eigenvalue weighted by Crippen LogP contribution is -2.61. The molecule has 0 fully saturated rings. The number of para-hydroxylation sites is 1. The Balaban J connectivity index is 1.22. The highest BCUT2D eigenvalue weighted by atomic mass is 32.1. The normalized spacial score (nSPS) is 13.7. The zero-order valence-electron chi connectivity index (χ0n) is 36.8. The smallest absolute Gasteiger partial charge is 0.333 e. The van der Waals surface area contributed by atoms with Crippen LogP contribution in [0.3, 0.4) is 0 Å². The van der Waals surface area contributed by atoms with Crippen LogP contribution in [0.15, 0.2) is 173 Å². The summed E-state index contributed by atoms with van der Waals surface area (Å²) in [7, 11) is 0. The summed E-state index contributed by atoms with van der Waals surface area (Å²) in [6.07, 6.45) is 1.82. The largest absolute Gasteiger partial charge is 0.464 e. The highest BCUT2D eigenvalue weighted by Crippen LogP contribution is 2.54. The van der Waals surface area contributed by atoms with Gasteiger partial charge >= 0.3 is 6.85 Å². The maximum atomic E-state index is 7.21. The van der Waals surface area contributed by atoms with Gasteiger partial charge in [-0.1, -0.05) is 126 Å². The number of hydrogen-bond donors (Lipinski definition) is 0. The average Bonchev–Trinajstić information content (AvgIpc) is 4.02. The predicted octanol–water partition coefficient (Wildman–Crippen LogP) is 15.7. The molecule has 5 heterocycles. The number of nitrogens with zero attached hydrogens (tertiary/aromatic N) is 2. The molecule has 0 radical (unpaired) electrons. The second kappa shape index (κ2) is 13.3. The van der Waals surface area contributed by atoms with Crippen LogP contribution < -0.4 is 20.6 Å². The fourth-order valence-electron chi connectivity index (χ4n) is 10.6. The van der Waals surface area contributed by atoms with E-state index in [4.69, 9.17) is 8.83 Å². The van der Waals surface area contributed by atoms with Crippen LogP contribution in [-0.2, 0) is 10.8 Å². The van der Waals surface area contributed by atoms with Crippen LogP contribution in [0.4, 0.5) is 28.4 Å². The summed E-state index contributed by atoms with van der Waals surface area (Å²) in [5.74, 6) is 0. The SMILES string of the molecule is CC(C)(C)c1ccc(N2B3c4cc5occc5cc4N(c4ccc(C(C)(C)C)cc4-c4ccccc4)c4c3c(cc3c4oc4ccccc43)-c3cc4c(cc32)sc2ccccc24)cc1. The second-order valence-electron chi connectivity index (χ2n) is 19.7. The molecule has 64 heavy (non-hydrogen) atoms. The molecule has 0 amide bonds. The standard InChI is InChI=1S/C58H45BN2O2S/c1-57(2,3)36-20-23-38(24-21-36)61-48-33-53-43(40-17-11-13-19-52(40)64-53)30-42(48)44-31-45-39-16-10-12-18-50(39)63-56(45)55-54(44)59(61)46-32-51-35(26-27-62-51)28-49(46)60(55)47-25-22-37(58(4,5)6)29-41(47)34-14-8-7-9-15-34/h7-33H,1-6H3. The number of thiophene rings is 1. The molecule has 0 atom stereocenters. The highest BCUT2D eigenvalue weighted by molar-refractivity contribution is 7.25.